The second-order valence-electron chi connectivity index (χ2n) is 3.19. The third-order valence-electron chi connectivity index (χ3n) is 2.36. The van der Waals surface area contributed by atoms with Gasteiger partial charge >= 0.3 is 0 Å². The molecule has 0 fully saturated rings. The largest absolute Gasteiger partial charge is 0.323 e. The van der Waals surface area contributed by atoms with Gasteiger partial charge in [-0.1, -0.05) is 6.07 Å². The van der Waals surface area contributed by atoms with Crippen LogP contribution in [0.25, 0.3) is 16.8 Å². The molecule has 0 radical (unpaired) electrons. The van der Waals surface area contributed by atoms with Crippen LogP contribution in [0, 0.1) is 0 Å². The molecule has 3 aromatic rings. The van der Waals surface area contributed by atoms with Crippen molar-refractivity contribution in [2.45, 2.75) is 0 Å². The monoisotopic (exact) mass is 183 g/mol. The number of hydrogen-bond acceptors (Lipinski definition) is 1. The van der Waals surface area contributed by atoms with Gasteiger partial charge in [0.25, 0.3) is 0 Å². The first kappa shape index (κ1) is 7.38. The van der Waals surface area contributed by atoms with Gasteiger partial charge in [0, 0.05) is 24.2 Å². The fourth-order valence-electron chi connectivity index (χ4n) is 1.69. The molecule has 0 atom stereocenters. The van der Waals surface area contributed by atoms with E-state index in [-0.39, 0.29) is 0 Å². The molecule has 0 amide bonds. The number of fused-ring (bicyclic) bond motifs is 1. The van der Waals surface area contributed by atoms with Crippen molar-refractivity contribution >= 4 is 5.52 Å². The predicted octanol–water partition coefficient (Wildman–Crippen LogP) is 2.33. The molecule has 3 aromatic heterocycles. The van der Waals surface area contributed by atoms with E-state index in [1.807, 2.05) is 30.6 Å². The fourth-order valence-corrected chi connectivity index (χ4v) is 1.69. The van der Waals surface area contributed by atoms with Crippen LogP contribution in [-0.4, -0.2) is 14.6 Å². The second-order valence-corrected chi connectivity index (χ2v) is 3.19. The van der Waals surface area contributed by atoms with Crippen molar-refractivity contribution in [1.82, 2.24) is 14.6 Å². The average molecular weight is 183 g/mol. The van der Waals surface area contributed by atoms with E-state index in [0.29, 0.717) is 0 Å². The first-order valence-corrected chi connectivity index (χ1v) is 4.50. The minimum atomic E-state index is 1.05. The van der Waals surface area contributed by atoms with Gasteiger partial charge in [0.2, 0.25) is 0 Å². The van der Waals surface area contributed by atoms with Gasteiger partial charge in [-0.2, -0.15) is 5.10 Å². The highest BCUT2D eigenvalue weighted by molar-refractivity contribution is 5.78. The Hall–Kier alpha value is -2.03. The highest BCUT2D eigenvalue weighted by atomic mass is 15.1. The summed E-state index contributed by atoms with van der Waals surface area (Å²) in [7, 11) is 0. The van der Waals surface area contributed by atoms with E-state index in [1.165, 1.54) is 11.1 Å². The lowest BCUT2D eigenvalue weighted by molar-refractivity contribution is 1.10. The van der Waals surface area contributed by atoms with Gasteiger partial charge in [-0.15, -0.1) is 0 Å². The highest BCUT2D eigenvalue weighted by Gasteiger charge is 2.04. The van der Waals surface area contributed by atoms with Crippen LogP contribution in [0.15, 0.2) is 48.9 Å². The van der Waals surface area contributed by atoms with E-state index in [0.717, 1.165) is 5.69 Å². The fraction of sp³-hybridized carbons (Fsp3) is 0. The molecule has 1 N–H and O–H groups in total. The molecule has 3 heterocycles. The Bertz CT molecular complexity index is 549. The van der Waals surface area contributed by atoms with E-state index >= 15 is 0 Å². The molecular weight excluding hydrogens is 174 g/mol. The number of aromatic nitrogens is 3. The summed E-state index contributed by atoms with van der Waals surface area (Å²) < 4.78 is 2.09. The van der Waals surface area contributed by atoms with E-state index in [1.54, 1.807) is 6.20 Å². The van der Waals surface area contributed by atoms with E-state index < -0.39 is 0 Å². The van der Waals surface area contributed by atoms with Crippen LogP contribution in [0.2, 0.25) is 0 Å². The number of hydrogen-bond donors (Lipinski definition) is 1. The van der Waals surface area contributed by atoms with Gasteiger partial charge in [-0.05, 0) is 24.3 Å². The molecule has 0 aliphatic heterocycles. The van der Waals surface area contributed by atoms with Crippen LogP contribution >= 0.6 is 0 Å². The van der Waals surface area contributed by atoms with Gasteiger partial charge in [0.1, 0.15) is 0 Å². The van der Waals surface area contributed by atoms with Crippen LogP contribution in [0.4, 0.5) is 0 Å². The quantitative estimate of drug-likeness (QED) is 0.617. The molecule has 3 heteroatoms. The first-order chi connectivity index (χ1) is 6.95. The molecule has 68 valence electrons. The third-order valence-corrected chi connectivity index (χ3v) is 2.36. The van der Waals surface area contributed by atoms with E-state index in [2.05, 4.69) is 26.7 Å². The second kappa shape index (κ2) is 2.73. The maximum Gasteiger partial charge on any atom is 0.0671 e. The molecule has 0 bridgehead atoms. The zero-order valence-corrected chi connectivity index (χ0v) is 7.51. The Morgan fingerprint density at radius 2 is 2.07 bits per heavy atom. The Morgan fingerprint density at radius 1 is 1.07 bits per heavy atom. The van der Waals surface area contributed by atoms with Gasteiger partial charge in [-0.25, -0.2) is 0 Å². The lowest BCUT2D eigenvalue weighted by atomic mass is 10.2. The number of aromatic amines is 1. The molecule has 0 spiro atoms. The summed E-state index contributed by atoms with van der Waals surface area (Å²) in [5.74, 6) is 0. The molecule has 3 nitrogen and oxygen atoms in total. The first-order valence-electron chi connectivity index (χ1n) is 4.50. The molecule has 14 heavy (non-hydrogen) atoms. The maximum absolute atomic E-state index is 3.95. The van der Waals surface area contributed by atoms with Crippen molar-refractivity contribution < 1.29 is 0 Å². The standard InChI is InChI=1S/C11H9N3/c1-2-7-14-8-5-9(11(14)3-1)10-4-6-12-13-10/h1-8H,(H,12,13). The van der Waals surface area contributed by atoms with Gasteiger partial charge in [0.05, 0.1) is 11.2 Å². The molecule has 0 aliphatic carbocycles. The summed E-state index contributed by atoms with van der Waals surface area (Å²) in [6.45, 7) is 0. The average Bonchev–Trinajstić information content (AvgIpc) is 2.85. The molecule has 3 rings (SSSR count). The van der Waals surface area contributed by atoms with Crippen molar-refractivity contribution in [2.75, 3.05) is 0 Å². The number of pyridine rings is 1. The lowest BCUT2D eigenvalue weighted by Gasteiger charge is -1.96. The van der Waals surface area contributed by atoms with E-state index in [9.17, 15) is 0 Å². The zero-order valence-electron chi connectivity index (χ0n) is 7.51. The Kier molecular flexibility index (Phi) is 1.44. The van der Waals surface area contributed by atoms with Crippen molar-refractivity contribution in [3.63, 3.8) is 0 Å². The summed E-state index contributed by atoms with van der Waals surface area (Å²) >= 11 is 0. The minimum absolute atomic E-state index is 1.05. The van der Waals surface area contributed by atoms with Crippen molar-refractivity contribution in [2.24, 2.45) is 0 Å². The lowest BCUT2D eigenvalue weighted by Crippen LogP contribution is -1.80. The van der Waals surface area contributed by atoms with Crippen LogP contribution in [0.3, 0.4) is 0 Å². The van der Waals surface area contributed by atoms with Gasteiger partial charge in [0.15, 0.2) is 0 Å². The van der Waals surface area contributed by atoms with Gasteiger partial charge in [-0.3, -0.25) is 5.10 Å². The maximum atomic E-state index is 3.95. The topological polar surface area (TPSA) is 33.1 Å². The normalized spacial score (nSPS) is 10.9. The summed E-state index contributed by atoms with van der Waals surface area (Å²) in [5.41, 5.74) is 3.43. The van der Waals surface area contributed by atoms with Gasteiger partial charge < -0.3 is 4.40 Å². The number of rotatable bonds is 1. The third kappa shape index (κ3) is 0.956. The Labute approximate surface area is 81.0 Å². The van der Waals surface area contributed by atoms with Crippen LogP contribution < -0.4 is 0 Å². The van der Waals surface area contributed by atoms with Crippen LogP contribution in [0.5, 0.6) is 0 Å². The molecule has 0 aromatic carbocycles. The zero-order chi connectivity index (χ0) is 9.38. The number of nitrogens with one attached hydrogen (secondary N) is 1. The van der Waals surface area contributed by atoms with Crippen LogP contribution in [-0.2, 0) is 0 Å². The van der Waals surface area contributed by atoms with E-state index in [4.69, 9.17) is 0 Å². The Balaban J connectivity index is 2.33. The summed E-state index contributed by atoms with van der Waals surface area (Å²) in [6.07, 6.45) is 5.85. The van der Waals surface area contributed by atoms with Crippen molar-refractivity contribution in [1.29, 1.82) is 0 Å². The molecule has 0 saturated heterocycles. The molecule has 0 unspecified atom stereocenters. The number of nitrogens with zero attached hydrogens (tertiary/aromatic N) is 2. The summed E-state index contributed by atoms with van der Waals surface area (Å²) in [5, 5.41) is 6.92. The predicted molar refractivity (Wildman–Crippen MR) is 55.0 cm³/mol. The SMILES string of the molecule is c1ccn2ccc(-c3ccn[nH]3)c2c1. The van der Waals surface area contributed by atoms with Crippen molar-refractivity contribution in [3.05, 3.63) is 48.9 Å². The number of H-pyrrole nitrogens is 1. The summed E-state index contributed by atoms with van der Waals surface area (Å²) in [6, 6.07) is 10.2. The van der Waals surface area contributed by atoms with Crippen molar-refractivity contribution in [3.8, 4) is 11.3 Å². The van der Waals surface area contributed by atoms with Crippen LogP contribution in [0.1, 0.15) is 0 Å². The summed E-state index contributed by atoms with van der Waals surface area (Å²) in [4.78, 5) is 0. The molecule has 0 saturated carbocycles. The minimum Gasteiger partial charge on any atom is -0.323 e. The molecular formula is C11H9N3. The highest BCUT2D eigenvalue weighted by Crippen LogP contribution is 2.22. The Morgan fingerprint density at radius 3 is 2.93 bits per heavy atom. The smallest absolute Gasteiger partial charge is 0.0671 e. The molecule has 0 aliphatic rings.